The highest BCUT2D eigenvalue weighted by atomic mass is 16.5. The van der Waals surface area contributed by atoms with Gasteiger partial charge in [0.05, 0.1) is 19.5 Å². The molecule has 3 rings (SSSR count). The van der Waals surface area contributed by atoms with E-state index < -0.39 is 0 Å². The first-order chi connectivity index (χ1) is 12.7. The zero-order valence-electron chi connectivity index (χ0n) is 14.7. The van der Waals surface area contributed by atoms with Gasteiger partial charge < -0.3 is 15.4 Å². The minimum absolute atomic E-state index is 0.251. The van der Waals surface area contributed by atoms with Crippen LogP contribution in [0.15, 0.2) is 60.9 Å². The number of methoxy groups -OCH3 is 1. The fraction of sp³-hybridized carbons (Fsp3) is 0.150. The summed E-state index contributed by atoms with van der Waals surface area (Å²) in [6.45, 7) is 2.09. The van der Waals surface area contributed by atoms with E-state index in [1.165, 1.54) is 18.0 Å². The van der Waals surface area contributed by atoms with E-state index in [2.05, 4.69) is 27.5 Å². The van der Waals surface area contributed by atoms with Crippen LogP contribution in [0, 0.1) is 0 Å². The molecule has 1 heterocycles. The molecule has 0 aliphatic heterocycles. The molecule has 1 amide bonds. The van der Waals surface area contributed by atoms with Crippen LogP contribution in [0.25, 0.3) is 0 Å². The molecule has 0 aliphatic carbocycles. The molecule has 0 bridgehead atoms. The SMILES string of the molecule is CCc1ccc(NC(=O)c2cnc(Nc3cccc(OC)c3)cn2)cc1. The van der Waals surface area contributed by atoms with E-state index in [9.17, 15) is 4.79 Å². The summed E-state index contributed by atoms with van der Waals surface area (Å²) < 4.78 is 5.19. The van der Waals surface area contributed by atoms with Crippen molar-refractivity contribution in [3.05, 3.63) is 72.2 Å². The van der Waals surface area contributed by atoms with Gasteiger partial charge in [-0.15, -0.1) is 0 Å². The summed E-state index contributed by atoms with van der Waals surface area (Å²) in [4.78, 5) is 20.7. The molecule has 6 nitrogen and oxygen atoms in total. The highest BCUT2D eigenvalue weighted by Crippen LogP contribution is 2.20. The average molecular weight is 348 g/mol. The Labute approximate surface area is 152 Å². The lowest BCUT2D eigenvalue weighted by atomic mass is 10.1. The van der Waals surface area contributed by atoms with Crippen molar-refractivity contribution in [3.8, 4) is 5.75 Å². The third-order valence-electron chi connectivity index (χ3n) is 3.85. The molecule has 1 aromatic heterocycles. The molecule has 2 aromatic carbocycles. The monoisotopic (exact) mass is 348 g/mol. The summed E-state index contributed by atoms with van der Waals surface area (Å²) in [5, 5.41) is 5.94. The number of aryl methyl sites for hydroxylation is 1. The van der Waals surface area contributed by atoms with Crippen LogP contribution in [0.1, 0.15) is 23.0 Å². The van der Waals surface area contributed by atoms with E-state index >= 15 is 0 Å². The normalized spacial score (nSPS) is 10.2. The van der Waals surface area contributed by atoms with Gasteiger partial charge in [0.2, 0.25) is 0 Å². The van der Waals surface area contributed by atoms with Crippen LogP contribution < -0.4 is 15.4 Å². The molecule has 0 saturated heterocycles. The zero-order valence-corrected chi connectivity index (χ0v) is 14.7. The number of rotatable bonds is 6. The predicted octanol–water partition coefficient (Wildman–Crippen LogP) is 4.04. The highest BCUT2D eigenvalue weighted by Gasteiger charge is 2.09. The van der Waals surface area contributed by atoms with Gasteiger partial charge in [-0.2, -0.15) is 0 Å². The number of nitrogens with zero attached hydrogens (tertiary/aromatic N) is 2. The Kier molecular flexibility index (Phi) is 5.43. The number of ether oxygens (including phenoxy) is 1. The van der Waals surface area contributed by atoms with Crippen LogP contribution in [0.5, 0.6) is 5.75 Å². The molecule has 26 heavy (non-hydrogen) atoms. The lowest BCUT2D eigenvalue weighted by molar-refractivity contribution is 0.102. The molecule has 132 valence electrons. The fourth-order valence-electron chi connectivity index (χ4n) is 2.38. The smallest absolute Gasteiger partial charge is 0.275 e. The van der Waals surface area contributed by atoms with Crippen LogP contribution in [-0.4, -0.2) is 23.0 Å². The molecule has 2 N–H and O–H groups in total. The van der Waals surface area contributed by atoms with Crippen LogP contribution in [0.4, 0.5) is 17.2 Å². The van der Waals surface area contributed by atoms with Gasteiger partial charge in [0, 0.05) is 17.4 Å². The first-order valence-corrected chi connectivity index (χ1v) is 8.31. The molecule has 3 aromatic rings. The maximum absolute atomic E-state index is 12.3. The number of amides is 1. The van der Waals surface area contributed by atoms with Gasteiger partial charge in [-0.05, 0) is 36.2 Å². The minimum Gasteiger partial charge on any atom is -0.497 e. The van der Waals surface area contributed by atoms with Crippen LogP contribution in [0.3, 0.4) is 0 Å². The van der Waals surface area contributed by atoms with E-state index in [1.807, 2.05) is 48.5 Å². The number of carbonyl (C=O) groups excluding carboxylic acids is 1. The van der Waals surface area contributed by atoms with Gasteiger partial charge in [-0.3, -0.25) is 4.79 Å². The van der Waals surface area contributed by atoms with Crippen molar-refractivity contribution in [2.45, 2.75) is 13.3 Å². The number of hydrogen-bond acceptors (Lipinski definition) is 5. The van der Waals surface area contributed by atoms with Crippen molar-refractivity contribution in [1.82, 2.24) is 9.97 Å². The minimum atomic E-state index is -0.297. The van der Waals surface area contributed by atoms with E-state index in [1.54, 1.807) is 7.11 Å². The average Bonchev–Trinajstić information content (AvgIpc) is 2.69. The Hall–Kier alpha value is -3.41. The van der Waals surface area contributed by atoms with E-state index in [-0.39, 0.29) is 11.6 Å². The van der Waals surface area contributed by atoms with Crippen molar-refractivity contribution >= 4 is 23.1 Å². The Balaban J connectivity index is 1.65. The number of benzene rings is 2. The molecule has 0 radical (unpaired) electrons. The Bertz CT molecular complexity index is 877. The molecule has 0 spiro atoms. The lowest BCUT2D eigenvalue weighted by Gasteiger charge is -2.08. The second-order valence-electron chi connectivity index (χ2n) is 5.65. The fourth-order valence-corrected chi connectivity index (χ4v) is 2.38. The van der Waals surface area contributed by atoms with Crippen molar-refractivity contribution in [3.63, 3.8) is 0 Å². The van der Waals surface area contributed by atoms with Crippen LogP contribution in [-0.2, 0) is 6.42 Å². The van der Waals surface area contributed by atoms with Gasteiger partial charge in [0.1, 0.15) is 17.3 Å². The molecular formula is C20H20N4O2. The van der Waals surface area contributed by atoms with Crippen molar-refractivity contribution < 1.29 is 9.53 Å². The van der Waals surface area contributed by atoms with E-state index in [0.29, 0.717) is 5.82 Å². The molecule has 0 fully saturated rings. The standard InChI is InChI=1S/C20H20N4O2/c1-3-14-7-9-15(10-8-14)24-20(25)18-12-22-19(13-21-18)23-16-5-4-6-17(11-16)26-2/h4-13H,3H2,1-2H3,(H,22,23)(H,24,25). The van der Waals surface area contributed by atoms with Crippen molar-refractivity contribution in [1.29, 1.82) is 0 Å². The third-order valence-corrected chi connectivity index (χ3v) is 3.85. The summed E-state index contributed by atoms with van der Waals surface area (Å²) in [5.41, 5.74) is 3.02. The first-order valence-electron chi connectivity index (χ1n) is 8.31. The second-order valence-corrected chi connectivity index (χ2v) is 5.65. The molecule has 0 saturated carbocycles. The Morgan fingerprint density at radius 1 is 1.04 bits per heavy atom. The predicted molar refractivity (Wildman–Crippen MR) is 102 cm³/mol. The Morgan fingerprint density at radius 2 is 1.85 bits per heavy atom. The van der Waals surface area contributed by atoms with Crippen molar-refractivity contribution in [2.75, 3.05) is 17.7 Å². The maximum Gasteiger partial charge on any atom is 0.275 e. The summed E-state index contributed by atoms with van der Waals surface area (Å²) in [7, 11) is 1.61. The number of carbonyl (C=O) groups is 1. The largest absolute Gasteiger partial charge is 0.497 e. The van der Waals surface area contributed by atoms with Gasteiger partial charge in [-0.25, -0.2) is 9.97 Å². The van der Waals surface area contributed by atoms with Gasteiger partial charge in [0.25, 0.3) is 5.91 Å². The van der Waals surface area contributed by atoms with Crippen LogP contribution in [0.2, 0.25) is 0 Å². The topological polar surface area (TPSA) is 76.1 Å². The van der Waals surface area contributed by atoms with Gasteiger partial charge in [-0.1, -0.05) is 25.1 Å². The van der Waals surface area contributed by atoms with Crippen LogP contribution >= 0.6 is 0 Å². The molecule has 0 unspecified atom stereocenters. The summed E-state index contributed by atoms with van der Waals surface area (Å²) in [6.07, 6.45) is 3.92. The maximum atomic E-state index is 12.3. The second kappa shape index (κ2) is 8.11. The lowest BCUT2D eigenvalue weighted by Crippen LogP contribution is -2.14. The van der Waals surface area contributed by atoms with E-state index in [0.717, 1.165) is 23.5 Å². The summed E-state index contributed by atoms with van der Waals surface area (Å²) >= 11 is 0. The molecular weight excluding hydrogens is 328 g/mol. The third kappa shape index (κ3) is 4.36. The molecule has 6 heteroatoms. The van der Waals surface area contributed by atoms with Crippen molar-refractivity contribution in [2.24, 2.45) is 0 Å². The van der Waals surface area contributed by atoms with Gasteiger partial charge in [0.15, 0.2) is 0 Å². The summed E-state index contributed by atoms with van der Waals surface area (Å²) in [6, 6.07) is 15.2. The molecule has 0 aliphatic rings. The quantitative estimate of drug-likeness (QED) is 0.703. The number of anilines is 3. The summed E-state index contributed by atoms with van der Waals surface area (Å²) in [5.74, 6) is 0.991. The first kappa shape index (κ1) is 17.4. The number of aromatic nitrogens is 2. The number of hydrogen-bond donors (Lipinski definition) is 2. The van der Waals surface area contributed by atoms with Gasteiger partial charge >= 0.3 is 0 Å². The Morgan fingerprint density at radius 3 is 2.50 bits per heavy atom. The molecule has 0 atom stereocenters. The highest BCUT2D eigenvalue weighted by molar-refractivity contribution is 6.02. The van der Waals surface area contributed by atoms with E-state index in [4.69, 9.17) is 4.74 Å². The zero-order chi connectivity index (χ0) is 18.4. The number of nitrogens with one attached hydrogen (secondary N) is 2.